The van der Waals surface area contributed by atoms with Gasteiger partial charge in [-0.15, -0.1) is 11.8 Å². The number of aromatic amines is 2. The molecular weight excluding hydrogens is 637 g/mol. The highest BCUT2D eigenvalue weighted by Gasteiger charge is 2.37. The van der Waals surface area contributed by atoms with Crippen LogP contribution >= 0.6 is 11.8 Å². The smallest absolute Gasteiger partial charge is 0.412 e. The topological polar surface area (TPSA) is 134 Å². The van der Waals surface area contributed by atoms with Crippen molar-refractivity contribution < 1.29 is 19.1 Å². The molecular formula is C38H52N6O4S. The molecule has 10 nitrogen and oxygen atoms in total. The number of rotatable bonds is 10. The zero-order valence-electron chi connectivity index (χ0n) is 30.9. The first-order valence-corrected chi connectivity index (χ1v) is 17.5. The molecule has 0 bridgehead atoms. The maximum atomic E-state index is 12.4. The highest BCUT2D eigenvalue weighted by atomic mass is 32.2. The summed E-state index contributed by atoms with van der Waals surface area (Å²) in [6, 6.07) is 16.5. The van der Waals surface area contributed by atoms with E-state index < -0.39 is 16.6 Å². The van der Waals surface area contributed by atoms with E-state index in [9.17, 15) is 9.59 Å². The Morgan fingerprint density at radius 1 is 0.816 bits per heavy atom. The van der Waals surface area contributed by atoms with E-state index in [0.29, 0.717) is 11.5 Å². The maximum absolute atomic E-state index is 12.4. The summed E-state index contributed by atoms with van der Waals surface area (Å²) in [5.41, 5.74) is 6.79. The van der Waals surface area contributed by atoms with Crippen LogP contribution in [0.2, 0.25) is 0 Å². The standard InChI is InChI=1S/C33H40N6O3S.C5H12O/c1-20(2)28(39-31(41)42-32(5,6)7)29-34-17-26(37-29)24-13-9-22(10-14-24)23-11-15-25(16-12-23)27-18-35-30(38-27)33(43-8,21(3)4)36-19-40;1-5(2,3)6-4/h9-19,21H,1-8H3,(H,34,37)(H,35,38)(H,36,40)(H,39,41);1-4H3. The number of H-pyrrole nitrogens is 2. The molecule has 264 valence electrons. The summed E-state index contributed by atoms with van der Waals surface area (Å²) in [6.07, 6.45) is 5.74. The van der Waals surface area contributed by atoms with Crippen LogP contribution in [0.15, 0.2) is 66.5 Å². The lowest BCUT2D eigenvalue weighted by Gasteiger charge is -2.33. The van der Waals surface area contributed by atoms with Crippen molar-refractivity contribution in [1.82, 2.24) is 30.6 Å². The van der Waals surface area contributed by atoms with E-state index in [0.717, 1.165) is 51.4 Å². The molecule has 2 aromatic carbocycles. The van der Waals surface area contributed by atoms with Crippen molar-refractivity contribution >= 4 is 30.0 Å². The first-order valence-electron chi connectivity index (χ1n) is 16.2. The molecule has 11 heteroatoms. The SMILES string of the molecule is COC(C)(C)C.CSC(NC=O)(c1ncc(-c2ccc(-c3ccc(-c4cnc(C(NC(=O)OC(C)(C)C)=C(C)C)[nH]4)cc3)cc2)[nH]1)C(C)C. The number of methoxy groups -OCH3 is 1. The predicted molar refractivity (Wildman–Crippen MR) is 201 cm³/mol. The van der Waals surface area contributed by atoms with Gasteiger partial charge in [0.15, 0.2) is 5.82 Å². The average Bonchev–Trinajstić information content (AvgIpc) is 3.73. The van der Waals surface area contributed by atoms with Gasteiger partial charge in [-0.1, -0.05) is 62.4 Å². The lowest BCUT2D eigenvalue weighted by atomic mass is 10.0. The molecule has 0 saturated carbocycles. The summed E-state index contributed by atoms with van der Waals surface area (Å²) >= 11 is 1.55. The van der Waals surface area contributed by atoms with E-state index in [1.165, 1.54) is 0 Å². The summed E-state index contributed by atoms with van der Waals surface area (Å²) in [5.74, 6) is 1.41. The van der Waals surface area contributed by atoms with Crippen LogP contribution in [-0.2, 0) is 19.1 Å². The fraction of sp³-hybridized carbons (Fsp3) is 0.421. The lowest BCUT2D eigenvalue weighted by molar-refractivity contribution is -0.110. The van der Waals surface area contributed by atoms with Crippen molar-refractivity contribution in [3.05, 3.63) is 78.1 Å². The third-order valence-electron chi connectivity index (χ3n) is 7.61. The number of nitrogens with zero attached hydrogens (tertiary/aromatic N) is 2. The second kappa shape index (κ2) is 16.4. The molecule has 0 radical (unpaired) electrons. The second-order valence-corrected chi connectivity index (χ2v) is 15.2. The van der Waals surface area contributed by atoms with Crippen LogP contribution < -0.4 is 10.6 Å². The largest absolute Gasteiger partial charge is 0.444 e. The Labute approximate surface area is 295 Å². The number of thioether (sulfide) groups is 1. The number of ether oxygens (including phenoxy) is 2. The molecule has 2 aromatic heterocycles. The van der Waals surface area contributed by atoms with Gasteiger partial charge in [0.25, 0.3) is 0 Å². The number of allylic oxidation sites excluding steroid dienone is 1. The van der Waals surface area contributed by atoms with E-state index >= 15 is 0 Å². The number of aromatic nitrogens is 4. The molecule has 4 aromatic rings. The van der Waals surface area contributed by atoms with Crippen molar-refractivity contribution in [2.24, 2.45) is 5.92 Å². The van der Waals surface area contributed by atoms with Gasteiger partial charge in [0.05, 0.1) is 35.1 Å². The van der Waals surface area contributed by atoms with Crippen LogP contribution in [0, 0.1) is 5.92 Å². The van der Waals surface area contributed by atoms with Crippen molar-refractivity contribution in [3.63, 3.8) is 0 Å². The predicted octanol–water partition coefficient (Wildman–Crippen LogP) is 8.76. The molecule has 2 amide bonds. The number of carbonyl (C=O) groups is 2. The van der Waals surface area contributed by atoms with Crippen LogP contribution in [0.3, 0.4) is 0 Å². The minimum Gasteiger partial charge on any atom is -0.444 e. The molecule has 2 heterocycles. The quantitative estimate of drug-likeness (QED) is 0.0967. The van der Waals surface area contributed by atoms with Crippen LogP contribution in [0.25, 0.3) is 39.3 Å². The van der Waals surface area contributed by atoms with Gasteiger partial charge in [-0.3, -0.25) is 10.1 Å². The van der Waals surface area contributed by atoms with Gasteiger partial charge in [0, 0.05) is 7.11 Å². The van der Waals surface area contributed by atoms with Gasteiger partial charge in [0.2, 0.25) is 6.41 Å². The fourth-order valence-electron chi connectivity index (χ4n) is 4.75. The van der Waals surface area contributed by atoms with Gasteiger partial charge in [-0.05, 0) is 95.4 Å². The Morgan fingerprint density at radius 2 is 1.29 bits per heavy atom. The number of benzene rings is 2. The normalized spacial score (nSPS) is 12.8. The Hall–Kier alpha value is -4.35. The zero-order valence-corrected chi connectivity index (χ0v) is 31.7. The van der Waals surface area contributed by atoms with Crippen LogP contribution in [-0.4, -0.2) is 57.0 Å². The molecule has 0 saturated heterocycles. The van der Waals surface area contributed by atoms with E-state index in [1.807, 2.05) is 73.8 Å². The van der Waals surface area contributed by atoms with E-state index in [1.54, 1.807) is 31.3 Å². The Morgan fingerprint density at radius 3 is 1.69 bits per heavy atom. The number of carbonyl (C=O) groups excluding carboxylic acids is 2. The Balaban J connectivity index is 0.000000992. The van der Waals surface area contributed by atoms with E-state index in [-0.39, 0.29) is 11.5 Å². The number of imidazole rings is 2. The second-order valence-electron chi connectivity index (χ2n) is 14.1. The molecule has 0 aliphatic rings. The third-order valence-corrected chi connectivity index (χ3v) is 9.04. The molecule has 0 spiro atoms. The number of hydrogen-bond donors (Lipinski definition) is 4. The Kier molecular flexibility index (Phi) is 13.1. The van der Waals surface area contributed by atoms with E-state index in [2.05, 4.69) is 80.8 Å². The van der Waals surface area contributed by atoms with Gasteiger partial charge in [-0.2, -0.15) is 0 Å². The van der Waals surface area contributed by atoms with Gasteiger partial charge < -0.3 is 24.8 Å². The summed E-state index contributed by atoms with van der Waals surface area (Å²) in [5, 5.41) is 5.78. The summed E-state index contributed by atoms with van der Waals surface area (Å²) < 4.78 is 10.3. The monoisotopic (exact) mass is 688 g/mol. The van der Waals surface area contributed by atoms with Crippen molar-refractivity contribution in [1.29, 1.82) is 0 Å². The van der Waals surface area contributed by atoms with Crippen molar-refractivity contribution in [2.45, 2.75) is 85.3 Å². The zero-order chi connectivity index (χ0) is 36.6. The van der Waals surface area contributed by atoms with E-state index in [4.69, 9.17) is 9.47 Å². The molecule has 0 fully saturated rings. The molecule has 49 heavy (non-hydrogen) atoms. The number of alkyl carbamates (subject to hydrolysis) is 1. The number of amides is 2. The first kappa shape index (κ1) is 39.1. The summed E-state index contributed by atoms with van der Waals surface area (Å²) in [4.78, 5) is 38.9. The minimum absolute atomic E-state index is 0.0417. The summed E-state index contributed by atoms with van der Waals surface area (Å²) in [7, 11) is 1.71. The summed E-state index contributed by atoms with van der Waals surface area (Å²) in [6.45, 7) is 19.5. The fourth-order valence-corrected chi connectivity index (χ4v) is 5.68. The van der Waals surface area contributed by atoms with Crippen LogP contribution in [0.1, 0.15) is 80.9 Å². The maximum Gasteiger partial charge on any atom is 0.412 e. The van der Waals surface area contributed by atoms with Gasteiger partial charge in [-0.25, -0.2) is 14.8 Å². The molecule has 4 rings (SSSR count). The molecule has 0 aliphatic carbocycles. The third kappa shape index (κ3) is 10.6. The van der Waals surface area contributed by atoms with Gasteiger partial charge >= 0.3 is 6.09 Å². The molecule has 1 unspecified atom stereocenters. The number of hydrogen-bond acceptors (Lipinski definition) is 7. The van der Waals surface area contributed by atoms with Crippen molar-refractivity contribution in [3.8, 4) is 33.6 Å². The van der Waals surface area contributed by atoms with Gasteiger partial charge in [0.1, 0.15) is 16.3 Å². The Bertz CT molecular complexity index is 1710. The number of nitrogens with one attached hydrogen (secondary N) is 4. The van der Waals surface area contributed by atoms with Crippen LogP contribution in [0.4, 0.5) is 4.79 Å². The molecule has 4 N–H and O–H groups in total. The highest BCUT2D eigenvalue weighted by molar-refractivity contribution is 7.99. The highest BCUT2D eigenvalue weighted by Crippen LogP contribution is 2.38. The van der Waals surface area contributed by atoms with Crippen LogP contribution in [0.5, 0.6) is 0 Å². The molecule has 0 aliphatic heterocycles. The minimum atomic E-state index is -0.626. The lowest BCUT2D eigenvalue weighted by Crippen LogP contribution is -2.44. The average molecular weight is 689 g/mol. The first-order chi connectivity index (χ1) is 22.9. The van der Waals surface area contributed by atoms with Crippen molar-refractivity contribution in [2.75, 3.05) is 13.4 Å². The molecule has 1 atom stereocenters.